The van der Waals surface area contributed by atoms with Crippen LogP contribution in [0.4, 0.5) is 20.2 Å². The molecule has 0 aromatic heterocycles. The molecule has 110 valence electrons. The number of anilines is 2. The molecule has 21 heavy (non-hydrogen) atoms. The molecule has 2 aromatic rings. The van der Waals surface area contributed by atoms with Gasteiger partial charge in [0.05, 0.1) is 0 Å². The number of halogens is 2. The van der Waals surface area contributed by atoms with E-state index < -0.39 is 6.61 Å². The van der Waals surface area contributed by atoms with Crippen molar-refractivity contribution in [3.63, 3.8) is 0 Å². The van der Waals surface area contributed by atoms with E-state index in [0.717, 1.165) is 16.9 Å². The average molecular weight is 289 g/mol. The van der Waals surface area contributed by atoms with Crippen LogP contribution < -0.4 is 10.1 Å². The molecule has 0 amide bonds. The van der Waals surface area contributed by atoms with Gasteiger partial charge in [-0.15, -0.1) is 0 Å². The molecular formula is C17H17F2NO. The molecule has 2 nitrogen and oxygen atoms in total. The standard InChI is InChI=1S/C17H17F2NO/c1-10-4-7-14-13(8-10)17(2,3)12-6-5-11(21-16(18)19)9-15(12)20-14/h4-9,16,20H,1-3H3. The molecule has 3 rings (SSSR count). The minimum Gasteiger partial charge on any atom is -0.435 e. The summed E-state index contributed by atoms with van der Waals surface area (Å²) < 4.78 is 29.2. The number of rotatable bonds is 2. The van der Waals surface area contributed by atoms with E-state index in [4.69, 9.17) is 0 Å². The van der Waals surface area contributed by atoms with Crippen molar-refractivity contribution in [2.24, 2.45) is 0 Å². The second kappa shape index (κ2) is 4.72. The topological polar surface area (TPSA) is 21.3 Å². The lowest BCUT2D eigenvalue weighted by Gasteiger charge is -2.36. The molecule has 0 radical (unpaired) electrons. The Morgan fingerprint density at radius 3 is 2.48 bits per heavy atom. The van der Waals surface area contributed by atoms with Crippen LogP contribution in [-0.2, 0) is 5.41 Å². The third-order valence-corrected chi connectivity index (χ3v) is 4.01. The van der Waals surface area contributed by atoms with Crippen LogP contribution in [0.1, 0.15) is 30.5 Å². The molecule has 0 spiro atoms. The van der Waals surface area contributed by atoms with Gasteiger partial charge in [-0.2, -0.15) is 8.78 Å². The number of benzene rings is 2. The molecule has 2 aromatic carbocycles. The molecule has 1 heterocycles. The Balaban J connectivity index is 2.09. The smallest absolute Gasteiger partial charge is 0.387 e. The molecule has 1 aliphatic heterocycles. The van der Waals surface area contributed by atoms with E-state index in [1.807, 2.05) is 18.2 Å². The van der Waals surface area contributed by atoms with Gasteiger partial charge in [-0.3, -0.25) is 0 Å². The summed E-state index contributed by atoms with van der Waals surface area (Å²) in [4.78, 5) is 0. The molecule has 0 saturated carbocycles. The summed E-state index contributed by atoms with van der Waals surface area (Å²) in [5.41, 5.74) is 5.11. The van der Waals surface area contributed by atoms with Crippen LogP contribution in [-0.4, -0.2) is 6.61 Å². The summed E-state index contributed by atoms with van der Waals surface area (Å²) in [5.74, 6) is 0.169. The van der Waals surface area contributed by atoms with Crippen molar-refractivity contribution in [2.45, 2.75) is 32.8 Å². The molecule has 1 N–H and O–H groups in total. The molecule has 4 heteroatoms. The van der Waals surface area contributed by atoms with Crippen LogP contribution in [0.5, 0.6) is 5.75 Å². The largest absolute Gasteiger partial charge is 0.435 e. The van der Waals surface area contributed by atoms with Crippen molar-refractivity contribution in [2.75, 3.05) is 5.32 Å². The van der Waals surface area contributed by atoms with Gasteiger partial charge in [-0.1, -0.05) is 37.6 Å². The predicted octanol–water partition coefficient (Wildman–Crippen LogP) is 4.98. The Kier molecular flexibility index (Phi) is 3.12. The Morgan fingerprint density at radius 1 is 1.00 bits per heavy atom. The summed E-state index contributed by atoms with van der Waals surface area (Å²) in [5, 5.41) is 3.31. The Morgan fingerprint density at radius 2 is 1.76 bits per heavy atom. The third-order valence-electron chi connectivity index (χ3n) is 4.01. The van der Waals surface area contributed by atoms with Crippen LogP contribution in [0.25, 0.3) is 0 Å². The number of fused-ring (bicyclic) bond motifs is 2. The second-order valence-corrected chi connectivity index (χ2v) is 5.88. The number of hydrogen-bond donors (Lipinski definition) is 1. The monoisotopic (exact) mass is 289 g/mol. The zero-order chi connectivity index (χ0) is 15.2. The highest BCUT2D eigenvalue weighted by atomic mass is 19.3. The normalized spacial score (nSPS) is 15.1. The molecule has 0 aliphatic carbocycles. The van der Waals surface area contributed by atoms with Gasteiger partial charge in [0.25, 0.3) is 0 Å². The molecule has 0 unspecified atom stereocenters. The van der Waals surface area contributed by atoms with Crippen molar-refractivity contribution < 1.29 is 13.5 Å². The van der Waals surface area contributed by atoms with Crippen LogP contribution in [0.15, 0.2) is 36.4 Å². The van der Waals surface area contributed by atoms with Crippen LogP contribution in [0.3, 0.4) is 0 Å². The highest BCUT2D eigenvalue weighted by molar-refractivity contribution is 5.76. The second-order valence-electron chi connectivity index (χ2n) is 5.88. The first-order chi connectivity index (χ1) is 9.88. The van der Waals surface area contributed by atoms with E-state index in [1.54, 1.807) is 12.1 Å². The van der Waals surface area contributed by atoms with Crippen LogP contribution >= 0.6 is 0 Å². The Labute approximate surface area is 122 Å². The summed E-state index contributed by atoms with van der Waals surface area (Å²) in [7, 11) is 0. The van der Waals surface area contributed by atoms with Crippen molar-refractivity contribution in [1.29, 1.82) is 0 Å². The van der Waals surface area contributed by atoms with E-state index in [1.165, 1.54) is 11.1 Å². The average Bonchev–Trinajstić information content (AvgIpc) is 2.39. The first-order valence-corrected chi connectivity index (χ1v) is 6.85. The zero-order valence-electron chi connectivity index (χ0n) is 12.2. The van der Waals surface area contributed by atoms with Crippen molar-refractivity contribution in [3.05, 3.63) is 53.1 Å². The summed E-state index contributed by atoms with van der Waals surface area (Å²) in [6, 6.07) is 11.3. The van der Waals surface area contributed by atoms with Gasteiger partial charge in [0.2, 0.25) is 0 Å². The van der Waals surface area contributed by atoms with E-state index in [9.17, 15) is 8.78 Å². The van der Waals surface area contributed by atoms with Crippen molar-refractivity contribution in [3.8, 4) is 5.75 Å². The Bertz CT molecular complexity index is 695. The van der Waals surface area contributed by atoms with E-state index in [0.29, 0.717) is 0 Å². The van der Waals surface area contributed by atoms with Gasteiger partial charge in [0, 0.05) is 22.9 Å². The lowest BCUT2D eigenvalue weighted by molar-refractivity contribution is -0.0498. The highest BCUT2D eigenvalue weighted by Crippen LogP contribution is 2.46. The van der Waals surface area contributed by atoms with Gasteiger partial charge in [-0.25, -0.2) is 0 Å². The Hall–Kier alpha value is -2.10. The van der Waals surface area contributed by atoms with Crippen molar-refractivity contribution >= 4 is 11.4 Å². The first-order valence-electron chi connectivity index (χ1n) is 6.85. The van der Waals surface area contributed by atoms with Gasteiger partial charge < -0.3 is 10.1 Å². The molecule has 1 aliphatic rings. The lowest BCUT2D eigenvalue weighted by Crippen LogP contribution is -2.26. The lowest BCUT2D eigenvalue weighted by atomic mass is 9.74. The quantitative estimate of drug-likeness (QED) is 0.842. The molecule has 0 atom stereocenters. The maximum atomic E-state index is 12.3. The maximum absolute atomic E-state index is 12.3. The van der Waals surface area contributed by atoms with Gasteiger partial charge in [0.1, 0.15) is 5.75 Å². The highest BCUT2D eigenvalue weighted by Gasteiger charge is 2.32. The first kappa shape index (κ1) is 13.9. The molecule has 0 saturated heterocycles. The molecular weight excluding hydrogens is 272 g/mol. The fraction of sp³-hybridized carbons (Fsp3) is 0.294. The number of nitrogens with one attached hydrogen (secondary N) is 1. The predicted molar refractivity (Wildman–Crippen MR) is 79.7 cm³/mol. The van der Waals surface area contributed by atoms with Crippen LogP contribution in [0, 0.1) is 6.92 Å². The SMILES string of the molecule is Cc1ccc2c(c1)C(C)(C)c1ccc(OC(F)F)cc1N2. The van der Waals surface area contributed by atoms with E-state index in [-0.39, 0.29) is 11.2 Å². The van der Waals surface area contributed by atoms with E-state index >= 15 is 0 Å². The van der Waals surface area contributed by atoms with Gasteiger partial charge in [0.15, 0.2) is 0 Å². The summed E-state index contributed by atoms with van der Waals surface area (Å²) in [6.07, 6.45) is 0. The van der Waals surface area contributed by atoms with Gasteiger partial charge >= 0.3 is 6.61 Å². The van der Waals surface area contributed by atoms with Gasteiger partial charge in [-0.05, 0) is 30.2 Å². The third kappa shape index (κ3) is 2.35. The van der Waals surface area contributed by atoms with Crippen LogP contribution in [0.2, 0.25) is 0 Å². The fourth-order valence-corrected chi connectivity index (χ4v) is 2.92. The fourth-order valence-electron chi connectivity index (χ4n) is 2.92. The zero-order valence-corrected chi connectivity index (χ0v) is 12.2. The number of hydrogen-bond acceptors (Lipinski definition) is 2. The minimum atomic E-state index is -2.81. The van der Waals surface area contributed by atoms with E-state index in [2.05, 4.69) is 36.9 Å². The summed E-state index contributed by atoms with van der Waals surface area (Å²) in [6.45, 7) is 3.53. The number of ether oxygens (including phenoxy) is 1. The molecule has 0 bridgehead atoms. The summed E-state index contributed by atoms with van der Waals surface area (Å²) >= 11 is 0. The minimum absolute atomic E-state index is 0.169. The number of aryl methyl sites for hydroxylation is 1. The van der Waals surface area contributed by atoms with Crippen molar-refractivity contribution in [1.82, 2.24) is 0 Å². The number of alkyl halides is 2. The maximum Gasteiger partial charge on any atom is 0.387 e. The molecule has 0 fully saturated rings.